The SMILES string of the molecule is CC(C)Oc1ccc(-c2ccc(C(=O)NS(=O)(=O)c3cccc(N)n3)c(N3CCC[C@@H](C)C3)n2)cn1. The van der Waals surface area contributed by atoms with E-state index in [0.29, 0.717) is 36.4 Å². The number of amides is 1. The van der Waals surface area contributed by atoms with Crippen LogP contribution >= 0.6 is 0 Å². The van der Waals surface area contributed by atoms with Crippen LogP contribution in [0.5, 0.6) is 5.88 Å². The zero-order valence-corrected chi connectivity index (χ0v) is 21.3. The van der Waals surface area contributed by atoms with Gasteiger partial charge in [0.2, 0.25) is 5.88 Å². The predicted octanol–water partition coefficient (Wildman–Crippen LogP) is 3.26. The standard InChI is InChI=1S/C25H30N6O4S/c1-16(2)35-22-12-9-18(14-27-22)20-11-10-19(24(28-20)31-13-5-6-17(3)15-31)25(32)30-36(33,34)23-8-4-7-21(26)29-23/h4,7-12,14,16-17H,5-6,13,15H2,1-3H3,(H2,26,29)(H,30,32)/t17-/m1/s1. The Morgan fingerprint density at radius 1 is 1.17 bits per heavy atom. The highest BCUT2D eigenvalue weighted by Gasteiger charge is 2.27. The third-order valence-electron chi connectivity index (χ3n) is 5.71. The number of piperidine rings is 1. The summed E-state index contributed by atoms with van der Waals surface area (Å²) in [5, 5.41) is -0.330. The molecule has 1 fully saturated rings. The number of ether oxygens (including phenoxy) is 1. The maximum atomic E-state index is 13.2. The second kappa shape index (κ2) is 10.5. The Hall–Kier alpha value is -3.73. The summed E-state index contributed by atoms with van der Waals surface area (Å²) < 4.78 is 33.3. The van der Waals surface area contributed by atoms with Gasteiger partial charge in [-0.15, -0.1) is 0 Å². The molecular weight excluding hydrogens is 480 g/mol. The van der Waals surface area contributed by atoms with Gasteiger partial charge >= 0.3 is 0 Å². The minimum Gasteiger partial charge on any atom is -0.475 e. The topological polar surface area (TPSA) is 140 Å². The zero-order valence-electron chi connectivity index (χ0n) is 20.5. The van der Waals surface area contributed by atoms with Crippen molar-refractivity contribution >= 4 is 27.6 Å². The molecule has 0 aliphatic carbocycles. The van der Waals surface area contributed by atoms with Crippen LogP contribution in [0.3, 0.4) is 0 Å². The highest BCUT2D eigenvalue weighted by Crippen LogP contribution is 2.29. The van der Waals surface area contributed by atoms with Crippen molar-refractivity contribution in [2.45, 2.75) is 44.7 Å². The molecule has 0 bridgehead atoms. The number of anilines is 2. The van der Waals surface area contributed by atoms with Crippen LogP contribution in [0.1, 0.15) is 44.0 Å². The number of carbonyl (C=O) groups excluding carboxylic acids is 1. The molecule has 0 saturated carbocycles. The number of hydrogen-bond donors (Lipinski definition) is 2. The van der Waals surface area contributed by atoms with Gasteiger partial charge in [-0.25, -0.2) is 19.7 Å². The monoisotopic (exact) mass is 510 g/mol. The Bertz CT molecular complexity index is 1340. The summed E-state index contributed by atoms with van der Waals surface area (Å²) in [6.07, 6.45) is 3.70. The number of nitrogens with one attached hydrogen (secondary N) is 1. The largest absolute Gasteiger partial charge is 0.475 e. The summed E-state index contributed by atoms with van der Waals surface area (Å²) in [5.41, 5.74) is 7.14. The van der Waals surface area contributed by atoms with Gasteiger partial charge in [0, 0.05) is 30.9 Å². The number of hydrogen-bond acceptors (Lipinski definition) is 9. The van der Waals surface area contributed by atoms with Crippen LogP contribution in [0.15, 0.2) is 53.7 Å². The number of pyridine rings is 3. The van der Waals surface area contributed by atoms with Crippen molar-refractivity contribution in [1.29, 1.82) is 0 Å². The number of nitrogens with zero attached hydrogens (tertiary/aromatic N) is 4. The molecule has 4 rings (SSSR count). The number of carbonyl (C=O) groups is 1. The van der Waals surface area contributed by atoms with Gasteiger partial charge < -0.3 is 15.4 Å². The van der Waals surface area contributed by atoms with Crippen LogP contribution < -0.4 is 20.1 Å². The van der Waals surface area contributed by atoms with Crippen molar-refractivity contribution in [2.75, 3.05) is 23.7 Å². The van der Waals surface area contributed by atoms with Gasteiger partial charge in [0.1, 0.15) is 11.6 Å². The summed E-state index contributed by atoms with van der Waals surface area (Å²) in [6.45, 7) is 7.42. The molecule has 10 nitrogen and oxygen atoms in total. The quantitative estimate of drug-likeness (QED) is 0.490. The van der Waals surface area contributed by atoms with Gasteiger partial charge in [0.25, 0.3) is 15.9 Å². The molecule has 0 radical (unpaired) electrons. The first kappa shape index (κ1) is 25.4. The molecule has 4 heterocycles. The van der Waals surface area contributed by atoms with Gasteiger partial charge in [0.05, 0.1) is 17.4 Å². The molecule has 0 aromatic carbocycles. The maximum absolute atomic E-state index is 13.2. The van der Waals surface area contributed by atoms with Gasteiger partial charge in [-0.3, -0.25) is 4.79 Å². The summed E-state index contributed by atoms with van der Waals surface area (Å²) >= 11 is 0. The third kappa shape index (κ3) is 5.91. The van der Waals surface area contributed by atoms with E-state index in [0.717, 1.165) is 18.4 Å². The second-order valence-corrected chi connectivity index (χ2v) is 10.8. The number of nitrogens with two attached hydrogens (primary N) is 1. The van der Waals surface area contributed by atoms with Crippen molar-refractivity contribution < 1.29 is 17.9 Å². The lowest BCUT2D eigenvalue weighted by Gasteiger charge is -2.33. The third-order valence-corrected chi connectivity index (χ3v) is 6.94. The minimum absolute atomic E-state index is 0.00534. The van der Waals surface area contributed by atoms with Crippen LogP contribution in [-0.4, -0.2) is 48.5 Å². The first-order valence-electron chi connectivity index (χ1n) is 11.8. The van der Waals surface area contributed by atoms with E-state index < -0.39 is 15.9 Å². The van der Waals surface area contributed by atoms with Crippen LogP contribution in [0.2, 0.25) is 0 Å². The van der Waals surface area contributed by atoms with Gasteiger partial charge in [-0.1, -0.05) is 13.0 Å². The van der Waals surface area contributed by atoms with E-state index in [4.69, 9.17) is 15.5 Å². The van der Waals surface area contributed by atoms with E-state index in [1.807, 2.05) is 24.8 Å². The first-order chi connectivity index (χ1) is 17.1. The average molecular weight is 511 g/mol. The van der Waals surface area contributed by atoms with Crippen molar-refractivity contribution in [3.63, 3.8) is 0 Å². The molecule has 11 heteroatoms. The number of sulfonamides is 1. The van der Waals surface area contributed by atoms with Crippen molar-refractivity contribution in [3.8, 4) is 17.1 Å². The fourth-order valence-corrected chi connectivity index (χ4v) is 5.00. The average Bonchev–Trinajstić information content (AvgIpc) is 2.83. The van der Waals surface area contributed by atoms with E-state index in [1.54, 1.807) is 24.4 Å². The molecule has 3 N–H and O–H groups in total. The molecule has 1 amide bonds. The summed E-state index contributed by atoms with van der Waals surface area (Å²) in [5.74, 6) is 0.600. The van der Waals surface area contributed by atoms with Crippen molar-refractivity contribution in [2.24, 2.45) is 5.92 Å². The van der Waals surface area contributed by atoms with Crippen LogP contribution in [-0.2, 0) is 10.0 Å². The minimum atomic E-state index is -4.23. The van der Waals surface area contributed by atoms with Gasteiger partial charge in [-0.2, -0.15) is 8.42 Å². The van der Waals surface area contributed by atoms with Crippen LogP contribution in [0.4, 0.5) is 11.6 Å². The normalized spacial score (nSPS) is 16.1. The predicted molar refractivity (Wildman–Crippen MR) is 137 cm³/mol. The van der Waals surface area contributed by atoms with E-state index >= 15 is 0 Å². The number of rotatable bonds is 7. The lowest BCUT2D eigenvalue weighted by molar-refractivity contribution is 0.0981. The molecule has 1 aliphatic heterocycles. The molecule has 190 valence electrons. The molecule has 3 aromatic heterocycles. The Balaban J connectivity index is 1.68. The molecule has 1 saturated heterocycles. The Morgan fingerprint density at radius 2 is 1.97 bits per heavy atom. The molecular formula is C25H30N6O4S. The van der Waals surface area contributed by atoms with E-state index in [-0.39, 0.29) is 22.5 Å². The number of nitrogen functional groups attached to an aromatic ring is 1. The lowest BCUT2D eigenvalue weighted by atomic mass is 9.99. The molecule has 3 aromatic rings. The Labute approximate surface area is 211 Å². The first-order valence-corrected chi connectivity index (χ1v) is 13.3. The van der Waals surface area contributed by atoms with Crippen LogP contribution in [0, 0.1) is 5.92 Å². The summed E-state index contributed by atoms with van der Waals surface area (Å²) in [7, 11) is -4.23. The fraction of sp³-hybridized carbons (Fsp3) is 0.360. The Morgan fingerprint density at radius 3 is 2.64 bits per heavy atom. The Kier molecular flexibility index (Phi) is 7.39. The van der Waals surface area contributed by atoms with E-state index in [9.17, 15) is 13.2 Å². The lowest BCUT2D eigenvalue weighted by Crippen LogP contribution is -2.38. The molecule has 0 unspecified atom stereocenters. The fourth-order valence-electron chi connectivity index (χ4n) is 4.06. The highest BCUT2D eigenvalue weighted by molar-refractivity contribution is 7.90. The summed E-state index contributed by atoms with van der Waals surface area (Å²) in [6, 6.07) is 11.1. The molecule has 1 aliphatic rings. The van der Waals surface area contributed by atoms with Gasteiger partial charge in [0.15, 0.2) is 5.03 Å². The molecule has 1 atom stereocenters. The van der Waals surface area contributed by atoms with E-state index in [2.05, 4.69) is 21.6 Å². The molecule has 0 spiro atoms. The second-order valence-electron chi connectivity index (χ2n) is 9.15. The highest BCUT2D eigenvalue weighted by atomic mass is 32.2. The van der Waals surface area contributed by atoms with Gasteiger partial charge in [-0.05, 0) is 62.9 Å². The van der Waals surface area contributed by atoms with Crippen LogP contribution in [0.25, 0.3) is 11.3 Å². The smallest absolute Gasteiger partial charge is 0.281 e. The zero-order chi connectivity index (χ0) is 25.9. The van der Waals surface area contributed by atoms with E-state index in [1.165, 1.54) is 18.2 Å². The number of aromatic nitrogens is 3. The van der Waals surface area contributed by atoms with Crippen molar-refractivity contribution in [1.82, 2.24) is 19.7 Å². The van der Waals surface area contributed by atoms with Crippen molar-refractivity contribution in [3.05, 3.63) is 54.2 Å². The molecule has 36 heavy (non-hydrogen) atoms. The maximum Gasteiger partial charge on any atom is 0.281 e. The summed E-state index contributed by atoms with van der Waals surface area (Å²) in [4.78, 5) is 28.2.